The maximum absolute atomic E-state index is 13.4. The van der Waals surface area contributed by atoms with Crippen molar-refractivity contribution in [2.75, 3.05) is 20.3 Å². The number of hydrogen-bond donors (Lipinski definition) is 1. The molecule has 0 aromatic heterocycles. The number of methoxy groups -OCH3 is 1. The third-order valence-electron chi connectivity index (χ3n) is 2.73. The Bertz CT molecular complexity index is 509. The maximum atomic E-state index is 13.4. The summed E-state index contributed by atoms with van der Waals surface area (Å²) in [5.41, 5.74) is -0.609. The molecule has 1 unspecified atom stereocenters. The van der Waals surface area contributed by atoms with Gasteiger partial charge >= 0.3 is 11.7 Å². The average molecular weight is 300 g/mol. The number of esters is 1. The van der Waals surface area contributed by atoms with Gasteiger partial charge in [0.05, 0.1) is 18.6 Å². The van der Waals surface area contributed by atoms with Gasteiger partial charge in [-0.25, -0.2) is 0 Å². The van der Waals surface area contributed by atoms with Crippen LogP contribution in [0.2, 0.25) is 0 Å². The van der Waals surface area contributed by atoms with Crippen molar-refractivity contribution in [1.29, 1.82) is 0 Å². The molecule has 0 aliphatic carbocycles. The highest BCUT2D eigenvalue weighted by Gasteiger charge is 2.18. The van der Waals surface area contributed by atoms with E-state index in [1.165, 1.54) is 13.2 Å². The molecule has 0 bridgehead atoms. The van der Waals surface area contributed by atoms with E-state index in [1.54, 1.807) is 0 Å². The van der Waals surface area contributed by atoms with Crippen molar-refractivity contribution in [3.8, 4) is 5.75 Å². The highest BCUT2D eigenvalue weighted by Crippen LogP contribution is 2.22. The number of benzene rings is 1. The van der Waals surface area contributed by atoms with Gasteiger partial charge in [0.2, 0.25) is 5.82 Å². The minimum atomic E-state index is -0.964. The van der Waals surface area contributed by atoms with Gasteiger partial charge in [-0.15, -0.1) is 0 Å². The van der Waals surface area contributed by atoms with Crippen LogP contribution in [0.1, 0.15) is 13.3 Å². The van der Waals surface area contributed by atoms with E-state index in [9.17, 15) is 19.3 Å². The van der Waals surface area contributed by atoms with Crippen molar-refractivity contribution in [2.24, 2.45) is 0 Å². The van der Waals surface area contributed by atoms with Crippen LogP contribution in [0.15, 0.2) is 18.2 Å². The van der Waals surface area contributed by atoms with Crippen LogP contribution in [-0.2, 0) is 9.53 Å². The van der Waals surface area contributed by atoms with E-state index in [0.717, 1.165) is 12.1 Å². The number of carbonyl (C=O) groups excluding carboxylic acids is 1. The quantitative estimate of drug-likeness (QED) is 0.446. The molecule has 0 saturated carbocycles. The summed E-state index contributed by atoms with van der Waals surface area (Å²) in [5.74, 6) is -1.21. The molecule has 1 atom stereocenters. The molecule has 116 valence electrons. The molecular formula is C13H17FN2O5. The predicted octanol–water partition coefficient (Wildman–Crippen LogP) is 1.65. The molecule has 0 spiro atoms. The lowest BCUT2D eigenvalue weighted by Gasteiger charge is -2.15. The third-order valence-corrected chi connectivity index (χ3v) is 2.73. The first-order valence-electron chi connectivity index (χ1n) is 6.37. The Balaban J connectivity index is 2.57. The predicted molar refractivity (Wildman–Crippen MR) is 72.6 cm³/mol. The summed E-state index contributed by atoms with van der Waals surface area (Å²) >= 11 is 0. The van der Waals surface area contributed by atoms with Crippen molar-refractivity contribution in [3.05, 3.63) is 34.1 Å². The normalized spacial score (nSPS) is 11.8. The van der Waals surface area contributed by atoms with Gasteiger partial charge < -0.3 is 14.8 Å². The molecule has 0 radical (unpaired) electrons. The number of rotatable bonds is 8. The van der Waals surface area contributed by atoms with E-state index in [4.69, 9.17) is 4.74 Å². The van der Waals surface area contributed by atoms with Gasteiger partial charge in [-0.3, -0.25) is 14.9 Å². The second-order valence-electron chi connectivity index (χ2n) is 4.14. The molecule has 1 N–H and O–H groups in total. The molecule has 1 aromatic rings. The van der Waals surface area contributed by atoms with E-state index in [2.05, 4.69) is 10.1 Å². The van der Waals surface area contributed by atoms with Crippen LogP contribution >= 0.6 is 0 Å². The zero-order chi connectivity index (χ0) is 15.8. The smallest absolute Gasteiger partial charge is 0.322 e. The van der Waals surface area contributed by atoms with E-state index >= 15 is 0 Å². The zero-order valence-corrected chi connectivity index (χ0v) is 11.8. The van der Waals surface area contributed by atoms with Gasteiger partial charge in [-0.05, 0) is 12.6 Å². The largest absolute Gasteiger partial charge is 0.493 e. The van der Waals surface area contributed by atoms with E-state index in [-0.39, 0.29) is 12.4 Å². The second kappa shape index (κ2) is 8.15. The van der Waals surface area contributed by atoms with Gasteiger partial charge in [-0.2, -0.15) is 4.39 Å². The molecule has 8 heteroatoms. The Morgan fingerprint density at radius 1 is 1.52 bits per heavy atom. The number of likely N-dealkylation sites (N-methyl/N-ethyl adjacent to an activating group) is 1. The van der Waals surface area contributed by atoms with Crippen molar-refractivity contribution >= 4 is 11.7 Å². The number of carbonyl (C=O) groups is 1. The summed E-state index contributed by atoms with van der Waals surface area (Å²) in [6, 6.07) is 2.77. The van der Waals surface area contributed by atoms with E-state index < -0.39 is 28.4 Å². The third kappa shape index (κ3) is 4.99. The van der Waals surface area contributed by atoms with Crippen LogP contribution in [0.25, 0.3) is 0 Å². The number of nitrogens with one attached hydrogen (secondary N) is 1. The molecule has 0 heterocycles. The fourth-order valence-electron chi connectivity index (χ4n) is 1.71. The van der Waals surface area contributed by atoms with Crippen LogP contribution in [0.5, 0.6) is 5.75 Å². The monoisotopic (exact) mass is 300 g/mol. The number of hydrogen-bond acceptors (Lipinski definition) is 6. The maximum Gasteiger partial charge on any atom is 0.322 e. The molecule has 7 nitrogen and oxygen atoms in total. The lowest BCUT2D eigenvalue weighted by Crippen LogP contribution is -2.38. The fraction of sp³-hybridized carbons (Fsp3) is 0.462. The van der Waals surface area contributed by atoms with Crippen molar-refractivity contribution in [3.63, 3.8) is 0 Å². The molecule has 0 amide bonds. The Morgan fingerprint density at radius 2 is 2.24 bits per heavy atom. The average Bonchev–Trinajstić information content (AvgIpc) is 2.45. The van der Waals surface area contributed by atoms with E-state index in [0.29, 0.717) is 13.0 Å². The summed E-state index contributed by atoms with van der Waals surface area (Å²) in [5, 5.41) is 13.4. The topological polar surface area (TPSA) is 90.7 Å². The van der Waals surface area contributed by atoms with Crippen LogP contribution in [0, 0.1) is 15.9 Å². The molecule has 1 rings (SSSR count). The Morgan fingerprint density at radius 3 is 2.76 bits per heavy atom. The van der Waals surface area contributed by atoms with Crippen LogP contribution in [-0.4, -0.2) is 37.2 Å². The van der Waals surface area contributed by atoms with Crippen molar-refractivity contribution in [1.82, 2.24) is 5.32 Å². The minimum Gasteiger partial charge on any atom is -0.493 e. The van der Waals surface area contributed by atoms with Crippen molar-refractivity contribution in [2.45, 2.75) is 19.4 Å². The van der Waals surface area contributed by atoms with E-state index in [1.807, 2.05) is 6.92 Å². The van der Waals surface area contributed by atoms with Gasteiger partial charge in [0.1, 0.15) is 11.8 Å². The lowest BCUT2D eigenvalue weighted by atomic mass is 10.2. The zero-order valence-electron chi connectivity index (χ0n) is 11.8. The molecule has 0 fully saturated rings. The Kier molecular flexibility index (Phi) is 6.54. The molecule has 21 heavy (non-hydrogen) atoms. The van der Waals surface area contributed by atoms with Gasteiger partial charge in [-0.1, -0.05) is 6.92 Å². The summed E-state index contributed by atoms with van der Waals surface area (Å²) < 4.78 is 23.3. The number of nitro benzene ring substituents is 1. The highest BCUT2D eigenvalue weighted by molar-refractivity contribution is 5.75. The molecule has 0 aliphatic heterocycles. The molecule has 0 saturated heterocycles. The summed E-state index contributed by atoms with van der Waals surface area (Å²) in [4.78, 5) is 21.1. The SMILES string of the molecule is CCNC(CCOc1ccc([N+](=O)[O-])c(F)c1)C(=O)OC. The fourth-order valence-corrected chi connectivity index (χ4v) is 1.71. The van der Waals surface area contributed by atoms with Gasteiger partial charge in [0.25, 0.3) is 0 Å². The summed E-state index contributed by atoms with van der Waals surface area (Å²) in [7, 11) is 1.29. The van der Waals surface area contributed by atoms with Gasteiger partial charge in [0, 0.05) is 18.6 Å². The number of nitrogens with zero attached hydrogens (tertiary/aromatic N) is 1. The first-order chi connectivity index (χ1) is 9.99. The first-order valence-corrected chi connectivity index (χ1v) is 6.37. The van der Waals surface area contributed by atoms with Crippen LogP contribution < -0.4 is 10.1 Å². The van der Waals surface area contributed by atoms with Crippen molar-refractivity contribution < 1.29 is 23.6 Å². The molecular weight excluding hydrogens is 283 g/mol. The number of halogens is 1. The Labute approximate surface area is 121 Å². The highest BCUT2D eigenvalue weighted by atomic mass is 19.1. The van der Waals surface area contributed by atoms with Crippen LogP contribution in [0.3, 0.4) is 0 Å². The minimum absolute atomic E-state index is 0.143. The number of ether oxygens (including phenoxy) is 2. The second-order valence-corrected chi connectivity index (χ2v) is 4.14. The lowest BCUT2D eigenvalue weighted by molar-refractivity contribution is -0.387. The number of nitro groups is 1. The standard InChI is InChI=1S/C13H17FN2O5/c1-3-15-11(13(17)20-2)6-7-21-9-4-5-12(16(18)19)10(14)8-9/h4-5,8,11,15H,3,6-7H2,1-2H3. The summed E-state index contributed by atoms with van der Waals surface area (Å²) in [6.07, 6.45) is 0.332. The first kappa shape index (κ1) is 16.8. The molecule has 0 aliphatic rings. The van der Waals surface area contributed by atoms with Crippen LogP contribution in [0.4, 0.5) is 10.1 Å². The molecule has 1 aromatic carbocycles. The summed E-state index contributed by atoms with van der Waals surface area (Å²) in [6.45, 7) is 2.58. The Hall–Kier alpha value is -2.22. The van der Waals surface area contributed by atoms with Gasteiger partial charge in [0.15, 0.2) is 0 Å².